The highest BCUT2D eigenvalue weighted by Gasteiger charge is 1.97. The van der Waals surface area contributed by atoms with Crippen molar-refractivity contribution >= 4 is 99.2 Å². The first kappa shape index (κ1) is 14.2. The van der Waals surface area contributed by atoms with Crippen LogP contribution in [0.25, 0.3) is 0 Å². The molecule has 0 aliphatic heterocycles. The lowest BCUT2D eigenvalue weighted by atomic mass is 12.0. The molecule has 0 N–H and O–H groups in total. The van der Waals surface area contributed by atoms with Gasteiger partial charge in [0.05, 0.1) is 0 Å². The molecule has 0 nitrogen and oxygen atoms in total. The van der Waals surface area contributed by atoms with Crippen molar-refractivity contribution in [1.29, 1.82) is 0 Å². The Hall–Kier alpha value is 3.24. The van der Waals surface area contributed by atoms with E-state index in [1.54, 1.807) is 49.1 Å². The molecule has 0 rings (SSSR count). The summed E-state index contributed by atoms with van der Waals surface area (Å²) in [5.41, 5.74) is 0. The van der Waals surface area contributed by atoms with Crippen molar-refractivity contribution in [2.24, 2.45) is 0 Å². The molecular weight excluding hydrogens is 333 g/mol. The van der Waals surface area contributed by atoms with Crippen molar-refractivity contribution in [3.8, 4) is 0 Å². The molecule has 0 atom stereocenters. The molecule has 0 radical (unpaired) electrons. The highest BCUT2D eigenvalue weighted by atomic mass is 34.0. The SMILES string of the molecule is CS(=S)(=S)SSSSSSS. The van der Waals surface area contributed by atoms with Gasteiger partial charge in [-0.3, -0.25) is 0 Å². The summed E-state index contributed by atoms with van der Waals surface area (Å²) >= 11 is 14.1. The molecule has 0 aromatic carbocycles. The maximum atomic E-state index is 5.05. The standard InChI is InChI=1S/CH4S10/c1-11(3,4)10-9-8-7-6-5-2/h2H,1H3. The van der Waals surface area contributed by atoms with E-state index in [2.05, 4.69) is 11.7 Å². The number of rotatable bonds is 6. The first-order valence-electron chi connectivity index (χ1n) is 1.92. The van der Waals surface area contributed by atoms with Gasteiger partial charge >= 0.3 is 0 Å². The Morgan fingerprint density at radius 1 is 1.09 bits per heavy atom. The molecule has 0 aliphatic carbocycles. The highest BCUT2D eigenvalue weighted by Crippen LogP contribution is 2.54. The summed E-state index contributed by atoms with van der Waals surface area (Å²) in [5, 5.41) is 0. The molecule has 0 aromatic rings. The van der Waals surface area contributed by atoms with Crippen LogP contribution < -0.4 is 0 Å². The molecule has 0 aliphatic rings. The third-order valence-corrected chi connectivity index (χ3v) is 17.8. The van der Waals surface area contributed by atoms with Crippen LogP contribution in [0.3, 0.4) is 0 Å². The molecule has 11 heavy (non-hydrogen) atoms. The van der Waals surface area contributed by atoms with Crippen molar-refractivity contribution in [1.82, 2.24) is 0 Å². The predicted octanol–water partition coefficient (Wildman–Crippen LogP) is 4.43. The Kier molecular flexibility index (Phi) is 11.1. The maximum absolute atomic E-state index is 5.05. The second-order valence-corrected chi connectivity index (χ2v) is 21.2. The van der Waals surface area contributed by atoms with Crippen molar-refractivity contribution in [2.45, 2.75) is 0 Å². The van der Waals surface area contributed by atoms with Crippen molar-refractivity contribution in [3.63, 3.8) is 0 Å². The van der Waals surface area contributed by atoms with Crippen LogP contribution in [-0.4, -0.2) is 6.26 Å². The van der Waals surface area contributed by atoms with Gasteiger partial charge in [0.25, 0.3) is 0 Å². The summed E-state index contributed by atoms with van der Waals surface area (Å²) in [6.45, 7) is 0. The van der Waals surface area contributed by atoms with Gasteiger partial charge in [0, 0.05) is 6.26 Å². The van der Waals surface area contributed by atoms with Crippen LogP contribution in [0.4, 0.5) is 0 Å². The smallest absolute Gasteiger partial charge is 0.000468 e. The zero-order valence-electron chi connectivity index (χ0n) is 5.12. The van der Waals surface area contributed by atoms with Crippen molar-refractivity contribution in [3.05, 3.63) is 0 Å². The van der Waals surface area contributed by atoms with Gasteiger partial charge in [0.2, 0.25) is 0 Å². The normalized spacial score (nSPS) is 11.8. The van der Waals surface area contributed by atoms with Gasteiger partial charge < -0.3 is 0 Å². The molecule has 0 bridgehead atoms. The molecule has 0 spiro atoms. The fraction of sp³-hybridized carbons (Fsp3) is 1.00. The first-order valence-corrected chi connectivity index (χ1v) is 14.9. The average molecular weight is 337 g/mol. The molecule has 0 saturated carbocycles. The van der Waals surface area contributed by atoms with E-state index in [4.69, 9.17) is 22.4 Å². The van der Waals surface area contributed by atoms with Gasteiger partial charge in [-0.1, -0.05) is 11.7 Å². The van der Waals surface area contributed by atoms with Gasteiger partial charge in [0.1, 0.15) is 0 Å². The van der Waals surface area contributed by atoms with Gasteiger partial charge in [0.15, 0.2) is 0 Å². The zero-order valence-corrected chi connectivity index (χ0v) is 13.4. The largest absolute Gasteiger partial charge is 0.0988 e. The average Bonchev–Trinajstić information content (AvgIpc) is 1.85. The lowest BCUT2D eigenvalue weighted by molar-refractivity contribution is 2.53. The summed E-state index contributed by atoms with van der Waals surface area (Å²) in [5.74, 6) is 0. The lowest BCUT2D eigenvalue weighted by Gasteiger charge is -1.98. The fourth-order valence-electron chi connectivity index (χ4n) is 0.0969. The molecule has 0 unspecified atom stereocenters. The summed E-state index contributed by atoms with van der Waals surface area (Å²) < 4.78 is 0. The summed E-state index contributed by atoms with van der Waals surface area (Å²) in [6.07, 6.45) is 0.697. The minimum absolute atomic E-state index is 1.23. The van der Waals surface area contributed by atoms with E-state index in [1.165, 1.54) is 9.83 Å². The number of thiol groups is 1. The summed E-state index contributed by atoms with van der Waals surface area (Å²) in [6, 6.07) is 0. The van der Waals surface area contributed by atoms with E-state index in [0.717, 1.165) is 0 Å². The minimum Gasteiger partial charge on any atom is -0.0988 e. The first-order chi connectivity index (χ1) is 5.06. The van der Waals surface area contributed by atoms with Crippen molar-refractivity contribution < 1.29 is 0 Å². The van der Waals surface area contributed by atoms with Crippen LogP contribution in [0.2, 0.25) is 0 Å². The molecule has 0 saturated heterocycles. The molecular formula is CH4S10. The van der Waals surface area contributed by atoms with E-state index in [-0.39, 0.29) is 0 Å². The number of hydrogen-bond acceptors (Lipinski definition) is 9. The Balaban J connectivity index is 3.16. The van der Waals surface area contributed by atoms with Crippen molar-refractivity contribution in [2.75, 3.05) is 6.26 Å². The van der Waals surface area contributed by atoms with Crippen LogP contribution in [0.15, 0.2) is 0 Å². The third kappa shape index (κ3) is 13.2. The second kappa shape index (κ2) is 8.54. The Labute approximate surface area is 104 Å². The highest BCUT2D eigenvalue weighted by molar-refractivity contribution is 9.49. The predicted molar refractivity (Wildman–Crippen MR) is 82.6 cm³/mol. The molecule has 0 fully saturated rings. The van der Waals surface area contributed by atoms with Crippen LogP contribution in [0.5, 0.6) is 0 Å². The second-order valence-electron chi connectivity index (χ2n) is 1.12. The summed E-state index contributed by atoms with van der Waals surface area (Å²) in [7, 11) is 9.69. The third-order valence-electron chi connectivity index (χ3n) is 0.265. The maximum Gasteiger partial charge on any atom is 0.000468 e. The summed E-state index contributed by atoms with van der Waals surface area (Å²) in [4.78, 5) is 0. The Bertz CT molecular complexity index is 163. The van der Waals surface area contributed by atoms with Gasteiger partial charge in [-0.05, 0) is 87.5 Å². The Morgan fingerprint density at radius 3 is 2.09 bits per heavy atom. The monoisotopic (exact) mass is 336 g/mol. The van der Waals surface area contributed by atoms with E-state index in [1.807, 2.05) is 6.26 Å². The van der Waals surface area contributed by atoms with E-state index in [9.17, 15) is 0 Å². The van der Waals surface area contributed by atoms with Crippen LogP contribution in [-0.2, 0) is 28.6 Å². The van der Waals surface area contributed by atoms with Crippen LogP contribution >= 0.6 is 70.6 Å². The lowest BCUT2D eigenvalue weighted by Crippen LogP contribution is -1.75. The molecule has 68 valence electrons. The minimum atomic E-state index is -1.23. The molecule has 0 aromatic heterocycles. The van der Waals surface area contributed by atoms with Gasteiger partial charge in [-0.25, -0.2) is 0 Å². The van der Waals surface area contributed by atoms with E-state index >= 15 is 0 Å². The molecule has 0 amide bonds. The van der Waals surface area contributed by atoms with Gasteiger partial charge in [-0.2, -0.15) is 0 Å². The van der Waals surface area contributed by atoms with E-state index in [0.29, 0.717) is 0 Å². The van der Waals surface area contributed by atoms with Crippen LogP contribution in [0.1, 0.15) is 0 Å². The molecule has 10 heteroatoms. The zero-order chi connectivity index (χ0) is 8.74. The van der Waals surface area contributed by atoms with Gasteiger partial charge in [-0.15, -0.1) is 0 Å². The quantitative estimate of drug-likeness (QED) is 0.424. The van der Waals surface area contributed by atoms with Crippen LogP contribution in [0, 0.1) is 0 Å². The van der Waals surface area contributed by atoms with E-state index < -0.39 is 6.18 Å². The number of hydrogen-bond donors (Lipinski definition) is 1. The Morgan fingerprint density at radius 2 is 1.64 bits per heavy atom. The fourth-order valence-corrected chi connectivity index (χ4v) is 19.0. The molecule has 0 heterocycles. The topological polar surface area (TPSA) is 0 Å².